The summed E-state index contributed by atoms with van der Waals surface area (Å²) in [6, 6.07) is 0.304. The number of carbonyl (C=O) groups excluding carboxylic acids is 1. The molecule has 3 N–H and O–H groups in total. The zero-order valence-electron chi connectivity index (χ0n) is 10.9. The second-order valence-corrected chi connectivity index (χ2v) is 5.00. The highest BCUT2D eigenvalue weighted by Gasteiger charge is 2.26. The maximum absolute atomic E-state index is 12.1. The van der Waals surface area contributed by atoms with E-state index in [9.17, 15) is 4.79 Å². The van der Waals surface area contributed by atoms with Crippen LogP contribution < -0.4 is 5.73 Å². The Bertz CT molecular complexity index is 227. The van der Waals surface area contributed by atoms with Gasteiger partial charge in [0.2, 0.25) is 5.91 Å². The van der Waals surface area contributed by atoms with Gasteiger partial charge in [0, 0.05) is 25.0 Å². The lowest BCUT2D eigenvalue weighted by molar-refractivity contribution is -0.134. The lowest BCUT2D eigenvalue weighted by Crippen LogP contribution is -2.43. The molecule has 1 atom stereocenters. The zero-order chi connectivity index (χ0) is 12.7. The molecule has 0 heterocycles. The quantitative estimate of drug-likeness (QED) is 0.706. The van der Waals surface area contributed by atoms with Gasteiger partial charge in [0.05, 0.1) is 6.61 Å². The van der Waals surface area contributed by atoms with Gasteiger partial charge >= 0.3 is 0 Å². The molecule has 1 rings (SSSR count). The summed E-state index contributed by atoms with van der Waals surface area (Å²) in [5.74, 6) is 0.118. The van der Waals surface area contributed by atoms with Gasteiger partial charge in [-0.1, -0.05) is 26.2 Å². The average molecular weight is 242 g/mol. The summed E-state index contributed by atoms with van der Waals surface area (Å²) in [6.07, 6.45) is 6.87. The minimum atomic E-state index is -0.0323. The van der Waals surface area contributed by atoms with Gasteiger partial charge in [-0.3, -0.25) is 4.79 Å². The van der Waals surface area contributed by atoms with Crippen molar-refractivity contribution in [2.45, 2.75) is 64.0 Å². The number of carbonyl (C=O) groups is 1. The van der Waals surface area contributed by atoms with Crippen LogP contribution in [0, 0.1) is 0 Å². The van der Waals surface area contributed by atoms with Crippen molar-refractivity contribution in [3.05, 3.63) is 0 Å². The normalized spacial score (nSPS) is 18.3. The Morgan fingerprint density at radius 1 is 1.47 bits per heavy atom. The summed E-state index contributed by atoms with van der Waals surface area (Å²) >= 11 is 0. The fourth-order valence-corrected chi connectivity index (χ4v) is 2.65. The van der Waals surface area contributed by atoms with Crippen LogP contribution in [0.1, 0.15) is 51.9 Å². The first-order valence-corrected chi connectivity index (χ1v) is 6.85. The second kappa shape index (κ2) is 7.67. The van der Waals surface area contributed by atoms with Crippen LogP contribution in [-0.4, -0.2) is 41.1 Å². The van der Waals surface area contributed by atoms with Gasteiger partial charge < -0.3 is 15.7 Å². The number of nitrogens with two attached hydrogens (primary N) is 1. The molecule has 100 valence electrons. The van der Waals surface area contributed by atoms with Gasteiger partial charge in [-0.05, 0) is 19.3 Å². The Morgan fingerprint density at radius 2 is 2.12 bits per heavy atom. The third-order valence-electron chi connectivity index (χ3n) is 3.52. The van der Waals surface area contributed by atoms with Crippen molar-refractivity contribution in [3.63, 3.8) is 0 Å². The standard InChI is InChI=1S/C13H26N2O2/c1-2-5-11(14)10-13(17)15(8-9-16)12-6-3-4-7-12/h11-12,16H,2-10,14H2,1H3. The highest BCUT2D eigenvalue weighted by atomic mass is 16.3. The van der Waals surface area contributed by atoms with Crippen molar-refractivity contribution >= 4 is 5.91 Å². The first kappa shape index (κ1) is 14.5. The molecule has 4 heteroatoms. The van der Waals surface area contributed by atoms with E-state index >= 15 is 0 Å². The van der Waals surface area contributed by atoms with Gasteiger partial charge in [0.15, 0.2) is 0 Å². The number of hydrogen-bond donors (Lipinski definition) is 2. The molecule has 1 unspecified atom stereocenters. The highest BCUT2D eigenvalue weighted by Crippen LogP contribution is 2.24. The fraction of sp³-hybridized carbons (Fsp3) is 0.923. The number of amides is 1. The van der Waals surface area contributed by atoms with Crippen molar-refractivity contribution in [1.29, 1.82) is 0 Å². The minimum absolute atomic E-state index is 0.0323. The van der Waals surface area contributed by atoms with E-state index in [-0.39, 0.29) is 18.6 Å². The van der Waals surface area contributed by atoms with Crippen LogP contribution in [0.15, 0.2) is 0 Å². The Morgan fingerprint density at radius 3 is 2.65 bits per heavy atom. The van der Waals surface area contributed by atoms with Crippen LogP contribution in [0.25, 0.3) is 0 Å². The van der Waals surface area contributed by atoms with E-state index in [4.69, 9.17) is 10.8 Å². The predicted octanol–water partition coefficient (Wildman–Crippen LogP) is 1.27. The largest absolute Gasteiger partial charge is 0.395 e. The van der Waals surface area contributed by atoms with Crippen LogP contribution >= 0.6 is 0 Å². The molecule has 0 radical (unpaired) electrons. The molecular weight excluding hydrogens is 216 g/mol. The van der Waals surface area contributed by atoms with Crippen molar-refractivity contribution in [3.8, 4) is 0 Å². The predicted molar refractivity (Wildman–Crippen MR) is 68.6 cm³/mol. The van der Waals surface area contributed by atoms with Gasteiger partial charge in [0.25, 0.3) is 0 Å². The van der Waals surface area contributed by atoms with Gasteiger partial charge in [-0.2, -0.15) is 0 Å². The molecule has 17 heavy (non-hydrogen) atoms. The molecule has 1 fully saturated rings. The molecule has 0 aromatic rings. The molecule has 4 nitrogen and oxygen atoms in total. The molecule has 1 saturated carbocycles. The first-order chi connectivity index (χ1) is 8.19. The zero-order valence-corrected chi connectivity index (χ0v) is 10.9. The second-order valence-electron chi connectivity index (χ2n) is 5.00. The third kappa shape index (κ3) is 4.64. The van der Waals surface area contributed by atoms with E-state index < -0.39 is 0 Å². The summed E-state index contributed by atoms with van der Waals surface area (Å²) < 4.78 is 0. The van der Waals surface area contributed by atoms with E-state index in [1.807, 2.05) is 4.90 Å². The molecule has 0 bridgehead atoms. The molecule has 0 aromatic heterocycles. The molecule has 1 aliphatic rings. The average Bonchev–Trinajstić information content (AvgIpc) is 2.79. The number of hydrogen-bond acceptors (Lipinski definition) is 3. The van der Waals surface area contributed by atoms with Crippen LogP contribution in [0.3, 0.4) is 0 Å². The Labute approximate surface area is 104 Å². The third-order valence-corrected chi connectivity index (χ3v) is 3.52. The van der Waals surface area contributed by atoms with Crippen LogP contribution in [0.4, 0.5) is 0 Å². The Kier molecular flexibility index (Phi) is 6.52. The highest BCUT2D eigenvalue weighted by molar-refractivity contribution is 5.77. The number of nitrogens with zero attached hydrogens (tertiary/aromatic N) is 1. The molecule has 0 aromatic carbocycles. The van der Waals surface area contributed by atoms with Crippen molar-refractivity contribution in [2.75, 3.05) is 13.2 Å². The van der Waals surface area contributed by atoms with Crippen LogP contribution in [0.2, 0.25) is 0 Å². The molecule has 0 saturated heterocycles. The smallest absolute Gasteiger partial charge is 0.224 e. The summed E-state index contributed by atoms with van der Waals surface area (Å²) in [5.41, 5.74) is 5.91. The van der Waals surface area contributed by atoms with Gasteiger partial charge in [-0.25, -0.2) is 0 Å². The van der Waals surface area contributed by atoms with E-state index in [0.717, 1.165) is 25.7 Å². The molecule has 1 amide bonds. The SMILES string of the molecule is CCCC(N)CC(=O)N(CCO)C1CCCC1. The fourth-order valence-electron chi connectivity index (χ4n) is 2.65. The lowest BCUT2D eigenvalue weighted by Gasteiger charge is -2.29. The molecule has 0 spiro atoms. The summed E-state index contributed by atoms with van der Waals surface area (Å²) in [4.78, 5) is 14.0. The molecular formula is C13H26N2O2. The molecule has 0 aliphatic heterocycles. The monoisotopic (exact) mass is 242 g/mol. The number of aliphatic hydroxyl groups excluding tert-OH is 1. The van der Waals surface area contributed by atoms with E-state index in [1.54, 1.807) is 0 Å². The topological polar surface area (TPSA) is 66.6 Å². The van der Waals surface area contributed by atoms with E-state index in [1.165, 1.54) is 12.8 Å². The minimum Gasteiger partial charge on any atom is -0.395 e. The maximum Gasteiger partial charge on any atom is 0.224 e. The Balaban J connectivity index is 2.47. The van der Waals surface area contributed by atoms with E-state index in [0.29, 0.717) is 19.0 Å². The summed E-state index contributed by atoms with van der Waals surface area (Å²) in [7, 11) is 0. The van der Waals surface area contributed by atoms with Crippen molar-refractivity contribution in [1.82, 2.24) is 4.90 Å². The summed E-state index contributed by atoms with van der Waals surface area (Å²) in [6.45, 7) is 2.58. The van der Waals surface area contributed by atoms with Gasteiger partial charge in [-0.15, -0.1) is 0 Å². The first-order valence-electron chi connectivity index (χ1n) is 6.85. The van der Waals surface area contributed by atoms with Crippen LogP contribution in [0.5, 0.6) is 0 Å². The number of rotatable bonds is 7. The summed E-state index contributed by atoms with van der Waals surface area (Å²) in [5, 5.41) is 9.06. The number of aliphatic hydroxyl groups is 1. The van der Waals surface area contributed by atoms with Crippen LogP contribution in [-0.2, 0) is 4.79 Å². The van der Waals surface area contributed by atoms with E-state index in [2.05, 4.69) is 6.92 Å². The Hall–Kier alpha value is -0.610. The van der Waals surface area contributed by atoms with Crippen molar-refractivity contribution < 1.29 is 9.90 Å². The molecule has 1 aliphatic carbocycles. The maximum atomic E-state index is 12.1. The lowest BCUT2D eigenvalue weighted by atomic mass is 10.1. The van der Waals surface area contributed by atoms with Crippen molar-refractivity contribution in [2.24, 2.45) is 5.73 Å². The van der Waals surface area contributed by atoms with Gasteiger partial charge in [0.1, 0.15) is 0 Å².